The normalized spacial score (nSPS) is 16.0. The lowest BCUT2D eigenvalue weighted by Gasteiger charge is -2.29. The Bertz CT molecular complexity index is 887. The summed E-state index contributed by atoms with van der Waals surface area (Å²) in [6.45, 7) is 3.62. The first-order chi connectivity index (χ1) is 13.6. The summed E-state index contributed by atoms with van der Waals surface area (Å²) in [6.07, 6.45) is -2.30. The molecule has 0 radical (unpaired) electrons. The van der Waals surface area contributed by atoms with Crippen molar-refractivity contribution in [1.29, 1.82) is 0 Å². The molecule has 156 valence electrons. The van der Waals surface area contributed by atoms with Crippen LogP contribution < -0.4 is 11.1 Å². The number of amides is 1. The number of anilines is 2. The lowest BCUT2D eigenvalue weighted by atomic mass is 9.88. The molecule has 0 bridgehead atoms. The van der Waals surface area contributed by atoms with Gasteiger partial charge in [0, 0.05) is 16.9 Å². The van der Waals surface area contributed by atoms with Gasteiger partial charge in [0.15, 0.2) is 0 Å². The summed E-state index contributed by atoms with van der Waals surface area (Å²) >= 11 is 0. The molecule has 0 atom stereocenters. The largest absolute Gasteiger partial charge is 0.416 e. The number of aryl methyl sites for hydroxylation is 1. The Morgan fingerprint density at radius 2 is 1.86 bits per heavy atom. The molecule has 1 amide bonds. The number of hydrogen-bond donors (Lipinski definition) is 2. The van der Waals surface area contributed by atoms with Crippen molar-refractivity contribution >= 4 is 17.3 Å². The lowest BCUT2D eigenvalue weighted by molar-refractivity contribution is -0.138. The van der Waals surface area contributed by atoms with Gasteiger partial charge in [-0.05, 0) is 87.6 Å². The molecule has 0 spiro atoms. The standard InChI is InChI=1S/C22H26F3N3O/c1-14-3-4-17(12-20(14)26)21(29)27-18-6-5-16(19(13-18)22(23,24)25)11-15-7-9-28(2)10-8-15/h3-6,12-13,15H,7-11,26H2,1-2H3,(H,27,29). The van der Waals surface area contributed by atoms with Gasteiger partial charge >= 0.3 is 6.18 Å². The average Bonchev–Trinajstić information content (AvgIpc) is 2.66. The van der Waals surface area contributed by atoms with Gasteiger partial charge in [-0.2, -0.15) is 13.2 Å². The van der Waals surface area contributed by atoms with Crippen LogP contribution in [-0.2, 0) is 12.6 Å². The summed E-state index contributed by atoms with van der Waals surface area (Å²) in [4.78, 5) is 14.6. The molecular weight excluding hydrogens is 379 g/mol. The Balaban J connectivity index is 1.79. The highest BCUT2D eigenvalue weighted by Gasteiger charge is 2.34. The van der Waals surface area contributed by atoms with E-state index in [1.165, 1.54) is 18.2 Å². The van der Waals surface area contributed by atoms with Crippen molar-refractivity contribution in [1.82, 2.24) is 4.90 Å². The Hall–Kier alpha value is -2.54. The van der Waals surface area contributed by atoms with Gasteiger partial charge in [0.25, 0.3) is 5.91 Å². The average molecular weight is 405 g/mol. The number of nitrogen functional groups attached to an aromatic ring is 1. The number of hydrogen-bond acceptors (Lipinski definition) is 3. The van der Waals surface area contributed by atoms with Crippen LogP contribution >= 0.6 is 0 Å². The quantitative estimate of drug-likeness (QED) is 0.723. The second-order valence-corrected chi connectivity index (χ2v) is 7.85. The number of carbonyl (C=O) groups excluding carboxylic acids is 1. The van der Waals surface area contributed by atoms with E-state index in [2.05, 4.69) is 10.2 Å². The number of halogens is 3. The highest BCUT2D eigenvalue weighted by atomic mass is 19.4. The number of piperidine rings is 1. The molecule has 2 aromatic rings. The van der Waals surface area contributed by atoms with Gasteiger partial charge in [0.05, 0.1) is 5.56 Å². The summed E-state index contributed by atoms with van der Waals surface area (Å²) in [5, 5.41) is 2.55. The van der Waals surface area contributed by atoms with E-state index in [0.29, 0.717) is 17.7 Å². The van der Waals surface area contributed by atoms with Gasteiger partial charge < -0.3 is 16.0 Å². The summed E-state index contributed by atoms with van der Waals surface area (Å²) < 4.78 is 41.0. The third-order valence-electron chi connectivity index (χ3n) is 5.56. The van der Waals surface area contributed by atoms with Gasteiger partial charge in [0.2, 0.25) is 0 Å². The zero-order chi connectivity index (χ0) is 21.2. The molecule has 3 rings (SSSR count). The highest BCUT2D eigenvalue weighted by molar-refractivity contribution is 6.04. The fraction of sp³-hybridized carbons (Fsp3) is 0.409. The number of rotatable bonds is 4. The minimum Gasteiger partial charge on any atom is -0.398 e. The number of nitrogens with two attached hydrogens (primary N) is 1. The van der Waals surface area contributed by atoms with E-state index in [1.807, 2.05) is 14.0 Å². The van der Waals surface area contributed by atoms with Gasteiger partial charge in [-0.15, -0.1) is 0 Å². The first-order valence-electron chi connectivity index (χ1n) is 9.69. The molecule has 4 nitrogen and oxygen atoms in total. The maximum Gasteiger partial charge on any atom is 0.416 e. The number of nitrogens with one attached hydrogen (secondary N) is 1. The molecule has 1 fully saturated rings. The minimum atomic E-state index is -4.48. The smallest absolute Gasteiger partial charge is 0.398 e. The molecule has 1 aliphatic heterocycles. The first kappa shape index (κ1) is 21.2. The summed E-state index contributed by atoms with van der Waals surface area (Å²) in [5.74, 6) is -0.254. The first-order valence-corrected chi connectivity index (χ1v) is 9.69. The van der Waals surface area contributed by atoms with Crippen LogP contribution in [0, 0.1) is 12.8 Å². The number of alkyl halides is 3. The number of likely N-dealkylation sites (tertiary alicyclic amines) is 1. The van der Waals surface area contributed by atoms with E-state index in [-0.39, 0.29) is 17.2 Å². The highest BCUT2D eigenvalue weighted by Crippen LogP contribution is 2.36. The molecule has 1 heterocycles. The monoisotopic (exact) mass is 405 g/mol. The number of carbonyl (C=O) groups is 1. The SMILES string of the molecule is Cc1ccc(C(=O)Nc2ccc(CC3CCN(C)CC3)c(C(F)(F)F)c2)cc1N. The maximum absolute atomic E-state index is 13.7. The van der Waals surface area contributed by atoms with Crippen LogP contribution in [0.2, 0.25) is 0 Å². The van der Waals surface area contributed by atoms with Crippen molar-refractivity contribution in [2.75, 3.05) is 31.2 Å². The van der Waals surface area contributed by atoms with Gasteiger partial charge in [-0.25, -0.2) is 0 Å². The lowest BCUT2D eigenvalue weighted by Crippen LogP contribution is -2.31. The van der Waals surface area contributed by atoms with Crippen molar-refractivity contribution in [2.45, 2.75) is 32.4 Å². The number of benzene rings is 2. The molecule has 1 saturated heterocycles. The molecule has 29 heavy (non-hydrogen) atoms. The van der Waals surface area contributed by atoms with Gasteiger partial charge in [-0.1, -0.05) is 12.1 Å². The Kier molecular flexibility index (Phi) is 6.17. The Labute approximate surface area is 168 Å². The third-order valence-corrected chi connectivity index (χ3v) is 5.56. The van der Waals surface area contributed by atoms with E-state index < -0.39 is 17.6 Å². The van der Waals surface area contributed by atoms with E-state index in [1.54, 1.807) is 12.1 Å². The van der Waals surface area contributed by atoms with Crippen LogP contribution in [0.4, 0.5) is 24.5 Å². The minimum absolute atomic E-state index is 0.119. The second-order valence-electron chi connectivity index (χ2n) is 7.85. The summed E-state index contributed by atoms with van der Waals surface area (Å²) in [5.41, 5.74) is 7.13. The fourth-order valence-electron chi connectivity index (χ4n) is 3.66. The predicted molar refractivity (Wildman–Crippen MR) is 109 cm³/mol. The van der Waals surface area contributed by atoms with Crippen LogP contribution in [0.3, 0.4) is 0 Å². The molecule has 0 aromatic heterocycles. The van der Waals surface area contributed by atoms with Crippen molar-refractivity contribution < 1.29 is 18.0 Å². The molecule has 3 N–H and O–H groups in total. The van der Waals surface area contributed by atoms with Gasteiger partial charge in [-0.3, -0.25) is 4.79 Å². The van der Waals surface area contributed by atoms with Crippen molar-refractivity contribution in [3.05, 3.63) is 58.7 Å². The molecular formula is C22H26F3N3O. The van der Waals surface area contributed by atoms with Crippen LogP contribution in [0.25, 0.3) is 0 Å². The van der Waals surface area contributed by atoms with Crippen molar-refractivity contribution in [2.24, 2.45) is 5.92 Å². The van der Waals surface area contributed by atoms with E-state index in [4.69, 9.17) is 5.73 Å². The second kappa shape index (κ2) is 8.45. The zero-order valence-electron chi connectivity index (χ0n) is 16.6. The van der Waals surface area contributed by atoms with E-state index in [0.717, 1.165) is 37.6 Å². The summed E-state index contributed by atoms with van der Waals surface area (Å²) in [7, 11) is 2.02. The molecule has 0 saturated carbocycles. The van der Waals surface area contributed by atoms with Crippen molar-refractivity contribution in [3.63, 3.8) is 0 Å². The molecule has 0 aliphatic carbocycles. The molecule has 1 aliphatic rings. The molecule has 7 heteroatoms. The fourth-order valence-corrected chi connectivity index (χ4v) is 3.66. The van der Waals surface area contributed by atoms with Crippen LogP contribution in [0.1, 0.15) is 39.9 Å². The van der Waals surface area contributed by atoms with Crippen molar-refractivity contribution in [3.8, 4) is 0 Å². The Morgan fingerprint density at radius 3 is 2.48 bits per heavy atom. The Morgan fingerprint density at radius 1 is 1.17 bits per heavy atom. The third kappa shape index (κ3) is 5.29. The number of nitrogens with zero attached hydrogens (tertiary/aromatic N) is 1. The van der Waals surface area contributed by atoms with Crippen LogP contribution in [-0.4, -0.2) is 30.9 Å². The molecule has 0 unspecified atom stereocenters. The van der Waals surface area contributed by atoms with E-state index in [9.17, 15) is 18.0 Å². The topological polar surface area (TPSA) is 58.4 Å². The van der Waals surface area contributed by atoms with Crippen LogP contribution in [0.5, 0.6) is 0 Å². The summed E-state index contributed by atoms with van der Waals surface area (Å²) in [6, 6.07) is 8.87. The van der Waals surface area contributed by atoms with Gasteiger partial charge in [0.1, 0.15) is 0 Å². The zero-order valence-corrected chi connectivity index (χ0v) is 16.6. The van der Waals surface area contributed by atoms with Crippen LogP contribution in [0.15, 0.2) is 36.4 Å². The maximum atomic E-state index is 13.7. The van der Waals surface area contributed by atoms with E-state index >= 15 is 0 Å². The predicted octanol–water partition coefficient (Wildman–Crippen LogP) is 4.73. The molecule has 2 aromatic carbocycles.